The third kappa shape index (κ3) is 8.22. The molecule has 0 saturated carbocycles. The van der Waals surface area contributed by atoms with Gasteiger partial charge in [-0.25, -0.2) is 0 Å². The van der Waals surface area contributed by atoms with Crippen molar-refractivity contribution in [3.8, 4) is 0 Å². The first-order chi connectivity index (χ1) is 15.4. The zero-order valence-corrected chi connectivity index (χ0v) is 20.6. The summed E-state index contributed by atoms with van der Waals surface area (Å²) in [6, 6.07) is 17.7. The molecule has 0 radical (unpaired) electrons. The second-order valence-corrected chi connectivity index (χ2v) is 10.2. The Bertz CT molecular complexity index is 696. The van der Waals surface area contributed by atoms with Crippen LogP contribution in [0.25, 0.3) is 0 Å². The third-order valence-electron chi connectivity index (χ3n) is 6.52. The lowest BCUT2D eigenvalue weighted by molar-refractivity contribution is 0.532. The van der Waals surface area contributed by atoms with Gasteiger partial charge in [-0.05, 0) is 30.7 Å². The van der Waals surface area contributed by atoms with Crippen LogP contribution in [0, 0.1) is 0 Å². The molecule has 1 heterocycles. The normalized spacial score (nSPS) is 12.6. The minimum atomic E-state index is 1.13. The number of rotatable bonds is 16. The molecule has 1 nitrogen and oxygen atoms in total. The largest absolute Gasteiger partial charge is 0.340 e. The molecule has 0 N–H and O–H groups in total. The number of hydrogen-bond acceptors (Lipinski definition) is 2. The van der Waals surface area contributed by atoms with Crippen molar-refractivity contribution in [2.45, 2.75) is 113 Å². The minimum Gasteiger partial charge on any atom is -0.340 e. The fourth-order valence-corrected chi connectivity index (χ4v) is 5.76. The van der Waals surface area contributed by atoms with E-state index in [4.69, 9.17) is 0 Å². The van der Waals surface area contributed by atoms with E-state index in [2.05, 4.69) is 60.4 Å². The van der Waals surface area contributed by atoms with Crippen LogP contribution in [0.4, 0.5) is 11.4 Å². The molecule has 0 aromatic heterocycles. The predicted molar refractivity (Wildman–Crippen MR) is 139 cm³/mol. The van der Waals surface area contributed by atoms with Crippen molar-refractivity contribution in [3.63, 3.8) is 0 Å². The summed E-state index contributed by atoms with van der Waals surface area (Å²) in [5.41, 5.74) is 2.77. The van der Waals surface area contributed by atoms with Crippen LogP contribution < -0.4 is 4.90 Å². The summed E-state index contributed by atoms with van der Waals surface area (Å²) < 4.78 is 0. The monoisotopic (exact) mass is 437 g/mol. The van der Waals surface area contributed by atoms with E-state index in [0.29, 0.717) is 0 Å². The summed E-state index contributed by atoms with van der Waals surface area (Å²) in [5.74, 6) is 0. The van der Waals surface area contributed by atoms with E-state index in [1.807, 2.05) is 11.8 Å². The second kappa shape index (κ2) is 14.6. The van der Waals surface area contributed by atoms with Gasteiger partial charge in [-0.1, -0.05) is 133 Å². The average Bonchev–Trinajstić information content (AvgIpc) is 2.81. The van der Waals surface area contributed by atoms with Gasteiger partial charge in [0.25, 0.3) is 0 Å². The first kappa shape index (κ1) is 24.2. The Labute approximate surface area is 196 Å². The molecule has 0 saturated heterocycles. The van der Waals surface area contributed by atoms with Gasteiger partial charge in [-0.3, -0.25) is 0 Å². The van der Waals surface area contributed by atoms with Crippen LogP contribution >= 0.6 is 11.8 Å². The Morgan fingerprint density at radius 3 is 1.35 bits per heavy atom. The molecule has 2 aromatic rings. The highest BCUT2D eigenvalue weighted by atomic mass is 32.2. The van der Waals surface area contributed by atoms with Gasteiger partial charge in [-0.2, -0.15) is 0 Å². The summed E-state index contributed by atoms with van der Waals surface area (Å²) in [6.45, 7) is 3.43. The summed E-state index contributed by atoms with van der Waals surface area (Å²) in [6.07, 6.45) is 21.3. The third-order valence-corrected chi connectivity index (χ3v) is 7.65. The van der Waals surface area contributed by atoms with Crippen molar-refractivity contribution in [2.75, 3.05) is 11.4 Å². The van der Waals surface area contributed by atoms with Crippen LogP contribution in [0.5, 0.6) is 0 Å². The van der Waals surface area contributed by atoms with Crippen LogP contribution in [-0.4, -0.2) is 6.54 Å². The van der Waals surface area contributed by atoms with Gasteiger partial charge in [0.05, 0.1) is 11.4 Å². The first-order valence-electron chi connectivity index (χ1n) is 13.0. The van der Waals surface area contributed by atoms with Gasteiger partial charge in [0.15, 0.2) is 0 Å². The van der Waals surface area contributed by atoms with Gasteiger partial charge in [0.1, 0.15) is 0 Å². The lowest BCUT2D eigenvalue weighted by Gasteiger charge is -2.32. The summed E-state index contributed by atoms with van der Waals surface area (Å²) in [7, 11) is 0. The molecule has 0 amide bonds. The van der Waals surface area contributed by atoms with Crippen molar-refractivity contribution in [1.82, 2.24) is 0 Å². The molecule has 170 valence electrons. The maximum Gasteiger partial charge on any atom is 0.0552 e. The highest BCUT2D eigenvalue weighted by Gasteiger charge is 2.21. The Kier molecular flexibility index (Phi) is 11.4. The van der Waals surface area contributed by atoms with Crippen LogP contribution in [0.3, 0.4) is 0 Å². The van der Waals surface area contributed by atoms with Crippen molar-refractivity contribution in [2.24, 2.45) is 0 Å². The van der Waals surface area contributed by atoms with E-state index in [1.165, 1.54) is 117 Å². The van der Waals surface area contributed by atoms with Crippen molar-refractivity contribution >= 4 is 23.1 Å². The Balaban J connectivity index is 1.24. The molecule has 3 rings (SSSR count). The van der Waals surface area contributed by atoms with E-state index in [-0.39, 0.29) is 0 Å². The number of benzene rings is 2. The van der Waals surface area contributed by atoms with Gasteiger partial charge in [0.2, 0.25) is 0 Å². The highest BCUT2D eigenvalue weighted by Crippen LogP contribution is 2.47. The quantitative estimate of drug-likeness (QED) is 0.240. The smallest absolute Gasteiger partial charge is 0.0552 e. The fraction of sp³-hybridized carbons (Fsp3) is 0.586. The molecular formula is C29H43NS. The first-order valence-corrected chi connectivity index (χ1v) is 13.8. The lowest BCUT2D eigenvalue weighted by atomic mass is 10.0. The van der Waals surface area contributed by atoms with Crippen LogP contribution in [0.1, 0.15) is 103 Å². The number of para-hydroxylation sites is 2. The van der Waals surface area contributed by atoms with Crippen molar-refractivity contribution in [1.29, 1.82) is 0 Å². The van der Waals surface area contributed by atoms with Gasteiger partial charge >= 0.3 is 0 Å². The van der Waals surface area contributed by atoms with Gasteiger partial charge in [0, 0.05) is 16.3 Å². The molecule has 0 aliphatic carbocycles. The SMILES string of the molecule is CCCCCCCCCCCCCCCCCN1c2ccccc2Sc2ccccc21. The fourth-order valence-electron chi connectivity index (χ4n) is 4.66. The molecule has 0 fully saturated rings. The van der Waals surface area contributed by atoms with Crippen molar-refractivity contribution < 1.29 is 0 Å². The van der Waals surface area contributed by atoms with Crippen LogP contribution in [0.15, 0.2) is 58.3 Å². The van der Waals surface area contributed by atoms with Crippen LogP contribution in [0.2, 0.25) is 0 Å². The topological polar surface area (TPSA) is 3.24 Å². The molecule has 31 heavy (non-hydrogen) atoms. The number of hydrogen-bond donors (Lipinski definition) is 0. The zero-order valence-electron chi connectivity index (χ0n) is 19.8. The van der Waals surface area contributed by atoms with Gasteiger partial charge in [-0.15, -0.1) is 0 Å². The van der Waals surface area contributed by atoms with E-state index in [9.17, 15) is 0 Å². The Morgan fingerprint density at radius 1 is 0.516 bits per heavy atom. The maximum absolute atomic E-state index is 2.55. The highest BCUT2D eigenvalue weighted by molar-refractivity contribution is 7.99. The van der Waals surface area contributed by atoms with E-state index < -0.39 is 0 Å². The van der Waals surface area contributed by atoms with E-state index in [0.717, 1.165) is 6.54 Å². The maximum atomic E-state index is 2.55. The second-order valence-electron chi connectivity index (χ2n) is 9.14. The predicted octanol–water partition coefficient (Wildman–Crippen LogP) is 10.2. The molecule has 2 aromatic carbocycles. The van der Waals surface area contributed by atoms with Crippen molar-refractivity contribution in [3.05, 3.63) is 48.5 Å². The standard InChI is InChI=1S/C29H43NS/c1-2-3-4-5-6-7-8-9-10-11-12-13-14-15-20-25-30-26-21-16-18-23-28(26)31-29-24-19-17-22-27(29)30/h16-19,21-24H,2-15,20,25H2,1H3. The Hall–Kier alpha value is -1.41. The van der Waals surface area contributed by atoms with Crippen LogP contribution in [-0.2, 0) is 0 Å². The molecule has 0 unspecified atom stereocenters. The van der Waals surface area contributed by atoms with E-state index >= 15 is 0 Å². The molecular weight excluding hydrogens is 394 g/mol. The Morgan fingerprint density at radius 2 is 0.903 bits per heavy atom. The van der Waals surface area contributed by atoms with E-state index in [1.54, 1.807) is 0 Å². The summed E-state index contributed by atoms with van der Waals surface area (Å²) in [5, 5.41) is 0. The van der Waals surface area contributed by atoms with Gasteiger partial charge < -0.3 is 4.90 Å². The molecule has 0 spiro atoms. The molecule has 0 bridgehead atoms. The summed E-state index contributed by atoms with van der Waals surface area (Å²) >= 11 is 1.91. The number of nitrogens with zero attached hydrogens (tertiary/aromatic N) is 1. The molecule has 1 aliphatic heterocycles. The minimum absolute atomic E-state index is 1.13. The zero-order chi connectivity index (χ0) is 21.6. The number of anilines is 2. The molecule has 0 atom stereocenters. The lowest BCUT2D eigenvalue weighted by Crippen LogP contribution is -2.21. The number of fused-ring (bicyclic) bond motifs is 2. The summed E-state index contributed by atoms with van der Waals surface area (Å²) in [4.78, 5) is 5.33. The molecule has 1 aliphatic rings. The number of unbranched alkanes of at least 4 members (excludes halogenated alkanes) is 14. The average molecular weight is 438 g/mol. The molecule has 2 heteroatoms.